The van der Waals surface area contributed by atoms with Crippen molar-refractivity contribution >= 4 is 11.9 Å². The lowest BCUT2D eigenvalue weighted by atomic mass is 9.84. The van der Waals surface area contributed by atoms with Gasteiger partial charge in [-0.2, -0.15) is 0 Å². The number of aryl methyl sites for hydroxylation is 1. The van der Waals surface area contributed by atoms with Gasteiger partial charge in [0.05, 0.1) is 14.2 Å². The minimum atomic E-state index is -0.498. The highest BCUT2D eigenvalue weighted by Crippen LogP contribution is 2.28. The first kappa shape index (κ1) is 21.3. The molecule has 0 saturated heterocycles. The molecule has 0 aliphatic carbocycles. The molecule has 0 atom stereocenters. The van der Waals surface area contributed by atoms with E-state index in [0.29, 0.717) is 23.6 Å². The molecule has 1 N–H and O–H groups in total. The maximum Gasteiger partial charge on any atom is 0.343 e. The summed E-state index contributed by atoms with van der Waals surface area (Å²) >= 11 is 0. The summed E-state index contributed by atoms with van der Waals surface area (Å²) < 4.78 is 15.2. The molecule has 0 aliphatic rings. The third-order valence-corrected chi connectivity index (χ3v) is 4.49. The zero-order valence-corrected chi connectivity index (χ0v) is 17.0. The third-order valence-electron chi connectivity index (χ3n) is 4.49. The average molecular weight is 385 g/mol. The van der Waals surface area contributed by atoms with E-state index in [-0.39, 0.29) is 17.9 Å². The smallest absolute Gasteiger partial charge is 0.343 e. The maximum absolute atomic E-state index is 12.6. The second-order valence-corrected chi connectivity index (χ2v) is 7.17. The minimum Gasteiger partial charge on any atom is -0.493 e. The Morgan fingerprint density at radius 2 is 1.79 bits per heavy atom. The van der Waals surface area contributed by atoms with Crippen LogP contribution in [0, 0.1) is 6.92 Å². The minimum absolute atomic E-state index is 0.210. The summed E-state index contributed by atoms with van der Waals surface area (Å²) in [6.45, 7) is 6.48. The van der Waals surface area contributed by atoms with Crippen molar-refractivity contribution in [2.75, 3.05) is 27.4 Å². The lowest BCUT2D eigenvalue weighted by Crippen LogP contribution is -2.36. The Balaban J connectivity index is 2.06. The molecule has 6 nitrogen and oxygen atoms in total. The van der Waals surface area contributed by atoms with Gasteiger partial charge in [-0.15, -0.1) is 0 Å². The van der Waals surface area contributed by atoms with Crippen molar-refractivity contribution in [2.45, 2.75) is 26.2 Å². The number of carbonyl (C=O) groups excluding carboxylic acids is 2. The third kappa shape index (κ3) is 5.49. The standard InChI is InChI=1S/C22H27NO5/c1-15-7-6-8-17(11-15)22(2,3)14-23-21(25)16-9-10-18(19(12-16)26-4)28-13-20(24)27-5/h6-12H,13-14H2,1-5H3,(H,23,25). The van der Waals surface area contributed by atoms with Gasteiger partial charge in [-0.05, 0) is 30.7 Å². The number of esters is 1. The van der Waals surface area contributed by atoms with Gasteiger partial charge in [0.2, 0.25) is 0 Å². The van der Waals surface area contributed by atoms with E-state index in [0.717, 1.165) is 5.56 Å². The SMILES string of the molecule is COC(=O)COc1ccc(C(=O)NCC(C)(C)c2cccc(C)c2)cc1OC. The van der Waals surface area contributed by atoms with Crippen molar-refractivity contribution in [2.24, 2.45) is 0 Å². The molecule has 0 aliphatic heterocycles. The molecule has 2 rings (SSSR count). The number of amides is 1. The summed E-state index contributed by atoms with van der Waals surface area (Å²) in [6, 6.07) is 13.1. The Kier molecular flexibility index (Phi) is 7.04. The molecule has 0 fully saturated rings. The highest BCUT2D eigenvalue weighted by atomic mass is 16.6. The highest BCUT2D eigenvalue weighted by molar-refractivity contribution is 5.95. The van der Waals surface area contributed by atoms with Crippen molar-refractivity contribution in [3.8, 4) is 11.5 Å². The molecule has 0 unspecified atom stereocenters. The van der Waals surface area contributed by atoms with Crippen molar-refractivity contribution in [3.05, 3.63) is 59.2 Å². The molecule has 28 heavy (non-hydrogen) atoms. The van der Waals surface area contributed by atoms with Crippen LogP contribution in [0.1, 0.15) is 35.3 Å². The fourth-order valence-corrected chi connectivity index (χ4v) is 2.70. The first-order valence-electron chi connectivity index (χ1n) is 9.00. The predicted molar refractivity (Wildman–Crippen MR) is 107 cm³/mol. The first-order valence-corrected chi connectivity index (χ1v) is 9.00. The molecule has 6 heteroatoms. The number of rotatable bonds is 8. The van der Waals surface area contributed by atoms with Crippen LogP contribution in [-0.2, 0) is 14.9 Å². The summed E-state index contributed by atoms with van der Waals surface area (Å²) in [7, 11) is 2.76. The normalized spacial score (nSPS) is 10.9. The van der Waals surface area contributed by atoms with Gasteiger partial charge in [0.15, 0.2) is 18.1 Å². The summed E-state index contributed by atoms with van der Waals surface area (Å²) in [6.07, 6.45) is 0. The monoisotopic (exact) mass is 385 g/mol. The zero-order chi connectivity index (χ0) is 20.7. The Morgan fingerprint density at radius 3 is 2.43 bits per heavy atom. The fourth-order valence-electron chi connectivity index (χ4n) is 2.70. The van der Waals surface area contributed by atoms with E-state index < -0.39 is 5.97 Å². The number of benzene rings is 2. The van der Waals surface area contributed by atoms with Gasteiger partial charge in [0.25, 0.3) is 5.91 Å². The molecule has 0 radical (unpaired) electrons. The largest absolute Gasteiger partial charge is 0.493 e. The number of carbonyl (C=O) groups is 2. The number of hydrogen-bond donors (Lipinski definition) is 1. The van der Waals surface area contributed by atoms with Crippen LogP contribution in [0.25, 0.3) is 0 Å². The van der Waals surface area contributed by atoms with E-state index in [9.17, 15) is 9.59 Å². The van der Waals surface area contributed by atoms with E-state index in [2.05, 4.69) is 36.0 Å². The molecule has 1 amide bonds. The highest BCUT2D eigenvalue weighted by Gasteiger charge is 2.22. The van der Waals surface area contributed by atoms with Crippen molar-refractivity contribution in [1.29, 1.82) is 0 Å². The molecule has 0 heterocycles. The number of hydrogen-bond acceptors (Lipinski definition) is 5. The summed E-state index contributed by atoms with van der Waals surface area (Å²) in [4.78, 5) is 23.8. The Morgan fingerprint density at radius 1 is 1.04 bits per heavy atom. The molecule has 0 spiro atoms. The van der Waals surface area contributed by atoms with E-state index in [1.807, 2.05) is 19.1 Å². The lowest BCUT2D eigenvalue weighted by molar-refractivity contribution is -0.142. The van der Waals surface area contributed by atoms with E-state index in [4.69, 9.17) is 9.47 Å². The Labute approximate surface area is 165 Å². The van der Waals surface area contributed by atoms with Crippen molar-refractivity contribution in [1.82, 2.24) is 5.32 Å². The molecular formula is C22H27NO5. The van der Waals surface area contributed by atoms with Crippen molar-refractivity contribution in [3.63, 3.8) is 0 Å². The number of ether oxygens (including phenoxy) is 3. The van der Waals surface area contributed by atoms with E-state index in [1.165, 1.54) is 19.8 Å². The van der Waals surface area contributed by atoms with E-state index >= 15 is 0 Å². The summed E-state index contributed by atoms with van der Waals surface area (Å²) in [5, 5.41) is 2.98. The molecular weight excluding hydrogens is 358 g/mol. The lowest BCUT2D eigenvalue weighted by Gasteiger charge is -2.26. The molecule has 2 aromatic carbocycles. The molecule has 0 saturated carbocycles. The van der Waals surface area contributed by atoms with Crippen LogP contribution in [0.15, 0.2) is 42.5 Å². The van der Waals surface area contributed by atoms with Gasteiger partial charge < -0.3 is 19.5 Å². The van der Waals surface area contributed by atoms with Crippen LogP contribution in [0.3, 0.4) is 0 Å². The topological polar surface area (TPSA) is 73.9 Å². The van der Waals surface area contributed by atoms with Crippen molar-refractivity contribution < 1.29 is 23.8 Å². The fraction of sp³-hybridized carbons (Fsp3) is 0.364. The predicted octanol–water partition coefficient (Wildman–Crippen LogP) is 3.26. The van der Waals surface area contributed by atoms with Gasteiger partial charge >= 0.3 is 5.97 Å². The molecule has 0 bridgehead atoms. The van der Waals surface area contributed by atoms with Crippen LogP contribution in [-0.4, -0.2) is 39.2 Å². The maximum atomic E-state index is 12.6. The Hall–Kier alpha value is -3.02. The van der Waals surface area contributed by atoms with Gasteiger partial charge in [-0.25, -0.2) is 4.79 Å². The number of methoxy groups -OCH3 is 2. The van der Waals surface area contributed by atoms with Gasteiger partial charge in [0, 0.05) is 17.5 Å². The quantitative estimate of drug-likeness (QED) is 0.706. The zero-order valence-electron chi connectivity index (χ0n) is 17.0. The second kappa shape index (κ2) is 9.26. The van der Waals surface area contributed by atoms with Gasteiger partial charge in [-0.3, -0.25) is 4.79 Å². The Bertz CT molecular complexity index is 845. The average Bonchev–Trinajstić information content (AvgIpc) is 2.70. The van der Waals surface area contributed by atoms with Crippen LogP contribution in [0.2, 0.25) is 0 Å². The van der Waals surface area contributed by atoms with Gasteiger partial charge in [-0.1, -0.05) is 43.7 Å². The molecule has 0 aromatic heterocycles. The first-order chi connectivity index (χ1) is 13.3. The number of nitrogens with one attached hydrogen (secondary N) is 1. The summed E-state index contributed by atoms with van der Waals surface area (Å²) in [5.74, 6) is 0.0276. The van der Waals surface area contributed by atoms with Crippen LogP contribution in [0.4, 0.5) is 0 Å². The van der Waals surface area contributed by atoms with Gasteiger partial charge in [0.1, 0.15) is 0 Å². The molecule has 150 valence electrons. The van der Waals surface area contributed by atoms with Crippen LogP contribution < -0.4 is 14.8 Å². The van der Waals surface area contributed by atoms with Crippen LogP contribution in [0.5, 0.6) is 11.5 Å². The van der Waals surface area contributed by atoms with Crippen LogP contribution >= 0.6 is 0 Å². The second-order valence-electron chi connectivity index (χ2n) is 7.17. The molecule has 2 aromatic rings. The summed E-state index contributed by atoms with van der Waals surface area (Å²) in [5.41, 5.74) is 2.58. The van der Waals surface area contributed by atoms with E-state index in [1.54, 1.807) is 18.2 Å².